The summed E-state index contributed by atoms with van der Waals surface area (Å²) in [6, 6.07) is 0. The zero-order valence-corrected chi connectivity index (χ0v) is 12.5. The summed E-state index contributed by atoms with van der Waals surface area (Å²) in [5.41, 5.74) is 1.18. The smallest absolute Gasteiger partial charge is 0.306 e. The van der Waals surface area contributed by atoms with Crippen molar-refractivity contribution in [3.8, 4) is 0 Å². The first-order chi connectivity index (χ1) is 9.11. The molecule has 0 aromatic carbocycles. The average Bonchev–Trinajstić information content (AvgIpc) is 2.97. The number of aromatic nitrogens is 1. The van der Waals surface area contributed by atoms with E-state index < -0.39 is 0 Å². The van der Waals surface area contributed by atoms with Crippen molar-refractivity contribution < 1.29 is 9.53 Å². The molecule has 5 heteroatoms. The maximum atomic E-state index is 11.3. The lowest BCUT2D eigenvalue weighted by Crippen LogP contribution is -2.30. The molecule has 0 amide bonds. The molecule has 2 rings (SSSR count). The Hall–Kier alpha value is -1.10. The highest BCUT2D eigenvalue weighted by Crippen LogP contribution is 2.33. The second-order valence-electron chi connectivity index (χ2n) is 5.34. The van der Waals surface area contributed by atoms with Gasteiger partial charge in [0.15, 0.2) is 5.13 Å². The van der Waals surface area contributed by atoms with E-state index in [-0.39, 0.29) is 11.5 Å². The zero-order chi connectivity index (χ0) is 13.7. The molecule has 0 unspecified atom stereocenters. The van der Waals surface area contributed by atoms with Crippen LogP contribution < -0.4 is 5.32 Å². The lowest BCUT2D eigenvalue weighted by molar-refractivity contribution is -0.143. The van der Waals surface area contributed by atoms with Gasteiger partial charge >= 0.3 is 5.97 Å². The Kier molecular flexibility index (Phi) is 4.80. The highest BCUT2D eigenvalue weighted by Gasteiger charge is 2.29. The molecule has 0 spiro atoms. The summed E-state index contributed by atoms with van der Waals surface area (Å²) in [4.78, 5) is 15.8. The molecule has 1 fully saturated rings. The molecule has 1 N–H and O–H groups in total. The number of aryl methyl sites for hydroxylation is 1. The number of carbonyl (C=O) groups is 1. The van der Waals surface area contributed by atoms with Gasteiger partial charge in [-0.1, -0.05) is 12.8 Å². The summed E-state index contributed by atoms with van der Waals surface area (Å²) in [5, 5.41) is 6.54. The number of anilines is 1. The number of esters is 1. The van der Waals surface area contributed by atoms with E-state index in [0.29, 0.717) is 19.4 Å². The van der Waals surface area contributed by atoms with Crippen LogP contribution in [0.15, 0.2) is 5.38 Å². The molecular formula is C14H22N2O2S. The van der Waals surface area contributed by atoms with Crippen LogP contribution in [0, 0.1) is 0 Å². The number of thiazole rings is 1. The van der Waals surface area contributed by atoms with Gasteiger partial charge < -0.3 is 10.1 Å². The number of hydrogen-bond acceptors (Lipinski definition) is 5. The second kappa shape index (κ2) is 6.37. The molecule has 1 aromatic rings. The topological polar surface area (TPSA) is 51.2 Å². The number of nitrogens with zero attached hydrogens (tertiary/aromatic N) is 1. The molecule has 4 nitrogen and oxygen atoms in total. The minimum atomic E-state index is -0.146. The quantitative estimate of drug-likeness (QED) is 0.813. The predicted molar refractivity (Wildman–Crippen MR) is 77.6 cm³/mol. The molecule has 0 aliphatic heterocycles. The van der Waals surface area contributed by atoms with Crippen LogP contribution in [0.4, 0.5) is 5.13 Å². The lowest BCUT2D eigenvalue weighted by Gasteiger charge is -2.24. The highest BCUT2D eigenvalue weighted by molar-refractivity contribution is 7.13. The van der Waals surface area contributed by atoms with Gasteiger partial charge in [0.25, 0.3) is 0 Å². The average molecular weight is 282 g/mol. The van der Waals surface area contributed by atoms with Crippen molar-refractivity contribution in [2.75, 3.05) is 11.9 Å². The Morgan fingerprint density at radius 3 is 2.95 bits per heavy atom. The molecule has 1 aliphatic carbocycles. The normalized spacial score (nSPS) is 17.4. The van der Waals surface area contributed by atoms with Gasteiger partial charge in [-0.3, -0.25) is 4.79 Å². The van der Waals surface area contributed by atoms with Crippen LogP contribution in [-0.2, 0) is 16.0 Å². The fraction of sp³-hybridized carbons (Fsp3) is 0.714. The Labute approximate surface area is 118 Å². The number of hydrogen-bond donors (Lipinski definition) is 1. The van der Waals surface area contributed by atoms with E-state index in [9.17, 15) is 4.79 Å². The monoisotopic (exact) mass is 282 g/mol. The van der Waals surface area contributed by atoms with E-state index in [2.05, 4.69) is 17.2 Å². The second-order valence-corrected chi connectivity index (χ2v) is 6.20. The Morgan fingerprint density at radius 2 is 2.26 bits per heavy atom. The van der Waals surface area contributed by atoms with Gasteiger partial charge in [-0.2, -0.15) is 0 Å². The molecule has 0 atom stereocenters. The van der Waals surface area contributed by atoms with Gasteiger partial charge in [0.2, 0.25) is 0 Å². The minimum Gasteiger partial charge on any atom is -0.466 e. The largest absolute Gasteiger partial charge is 0.466 e. The number of nitrogens with one attached hydrogen (secondary N) is 1. The summed E-state index contributed by atoms with van der Waals surface area (Å²) < 4.78 is 4.92. The van der Waals surface area contributed by atoms with Gasteiger partial charge in [-0.05, 0) is 26.7 Å². The van der Waals surface area contributed by atoms with Crippen LogP contribution >= 0.6 is 11.3 Å². The van der Waals surface area contributed by atoms with Gasteiger partial charge in [0.05, 0.1) is 18.7 Å². The van der Waals surface area contributed by atoms with Crippen molar-refractivity contribution in [1.29, 1.82) is 0 Å². The summed E-state index contributed by atoms with van der Waals surface area (Å²) in [6.45, 7) is 4.53. The third-order valence-electron chi connectivity index (χ3n) is 3.56. The van der Waals surface area contributed by atoms with Crippen LogP contribution in [0.5, 0.6) is 0 Å². The molecule has 19 heavy (non-hydrogen) atoms. The van der Waals surface area contributed by atoms with Gasteiger partial charge in [-0.25, -0.2) is 4.98 Å². The molecule has 1 heterocycles. The lowest BCUT2D eigenvalue weighted by atomic mass is 10.0. The molecule has 0 radical (unpaired) electrons. The first-order valence-corrected chi connectivity index (χ1v) is 7.87. The highest BCUT2D eigenvalue weighted by atomic mass is 32.1. The molecule has 1 aliphatic rings. The van der Waals surface area contributed by atoms with Crippen molar-refractivity contribution in [3.05, 3.63) is 11.1 Å². The molecule has 1 aromatic heterocycles. The van der Waals surface area contributed by atoms with Crippen molar-refractivity contribution in [2.24, 2.45) is 0 Å². The molecule has 0 bridgehead atoms. The van der Waals surface area contributed by atoms with E-state index in [1.807, 2.05) is 12.3 Å². The van der Waals surface area contributed by atoms with E-state index in [1.54, 1.807) is 11.3 Å². The molecule has 1 saturated carbocycles. The van der Waals surface area contributed by atoms with Crippen LogP contribution in [0.2, 0.25) is 0 Å². The van der Waals surface area contributed by atoms with E-state index in [1.165, 1.54) is 25.7 Å². The van der Waals surface area contributed by atoms with Crippen molar-refractivity contribution in [2.45, 2.75) is 57.9 Å². The summed E-state index contributed by atoms with van der Waals surface area (Å²) in [5.74, 6) is -0.146. The standard InChI is InChI=1S/C14H22N2O2S/c1-3-18-12(17)7-6-11-10-19-13(15-11)16-14(2)8-4-5-9-14/h10H,3-9H2,1-2H3,(H,15,16). The maximum Gasteiger partial charge on any atom is 0.306 e. The maximum absolute atomic E-state index is 11.3. The van der Waals surface area contributed by atoms with Gasteiger partial charge in [-0.15, -0.1) is 11.3 Å². The summed E-state index contributed by atoms with van der Waals surface area (Å²) in [6.07, 6.45) is 6.09. The fourth-order valence-corrected chi connectivity index (χ4v) is 3.37. The molecule has 106 valence electrons. The Morgan fingerprint density at radius 1 is 1.53 bits per heavy atom. The van der Waals surface area contributed by atoms with Gasteiger partial charge in [0.1, 0.15) is 0 Å². The minimum absolute atomic E-state index is 0.146. The van der Waals surface area contributed by atoms with E-state index >= 15 is 0 Å². The fourth-order valence-electron chi connectivity index (χ4n) is 2.48. The number of carbonyl (C=O) groups excluding carboxylic acids is 1. The van der Waals surface area contributed by atoms with Crippen molar-refractivity contribution in [1.82, 2.24) is 4.98 Å². The Bertz CT molecular complexity index is 425. The van der Waals surface area contributed by atoms with Crippen molar-refractivity contribution in [3.63, 3.8) is 0 Å². The number of rotatable bonds is 6. The van der Waals surface area contributed by atoms with E-state index in [4.69, 9.17) is 4.74 Å². The third-order valence-corrected chi connectivity index (χ3v) is 4.36. The predicted octanol–water partition coefficient (Wildman–Crippen LogP) is 3.38. The van der Waals surface area contributed by atoms with E-state index in [0.717, 1.165) is 10.8 Å². The molecular weight excluding hydrogens is 260 g/mol. The SMILES string of the molecule is CCOC(=O)CCc1csc(NC2(C)CCCC2)n1. The van der Waals surface area contributed by atoms with Crippen molar-refractivity contribution >= 4 is 22.4 Å². The summed E-state index contributed by atoms with van der Waals surface area (Å²) >= 11 is 1.63. The Balaban J connectivity index is 1.83. The van der Waals surface area contributed by atoms with Gasteiger partial charge in [0, 0.05) is 17.3 Å². The third kappa shape index (κ3) is 4.20. The zero-order valence-electron chi connectivity index (χ0n) is 11.7. The van der Waals surface area contributed by atoms with Crippen LogP contribution in [0.25, 0.3) is 0 Å². The van der Waals surface area contributed by atoms with Crippen LogP contribution in [-0.4, -0.2) is 23.1 Å². The summed E-state index contributed by atoms with van der Waals surface area (Å²) in [7, 11) is 0. The molecule has 0 saturated heterocycles. The van der Waals surface area contributed by atoms with Crippen LogP contribution in [0.1, 0.15) is 51.6 Å². The van der Waals surface area contributed by atoms with Crippen LogP contribution in [0.3, 0.4) is 0 Å². The number of ether oxygens (including phenoxy) is 1. The first-order valence-electron chi connectivity index (χ1n) is 6.99. The first kappa shape index (κ1) is 14.3.